The fourth-order valence-corrected chi connectivity index (χ4v) is 4.02. The lowest BCUT2D eigenvalue weighted by atomic mass is 10.1. The van der Waals surface area contributed by atoms with Crippen LogP contribution in [0.5, 0.6) is 0 Å². The van der Waals surface area contributed by atoms with Crippen molar-refractivity contribution in [3.05, 3.63) is 50.7 Å². The Labute approximate surface area is 139 Å². The highest BCUT2D eigenvalue weighted by molar-refractivity contribution is 7.14. The number of ether oxygens (including phenoxy) is 1. The first-order valence-corrected chi connectivity index (χ1v) is 8.50. The van der Waals surface area contributed by atoms with Gasteiger partial charge in [0, 0.05) is 10.6 Å². The first-order valence-electron chi connectivity index (χ1n) is 7.68. The number of aryl methyl sites for hydroxylation is 4. The average Bonchev–Trinajstić information content (AvgIpc) is 3.04. The zero-order valence-electron chi connectivity index (χ0n) is 13.3. The van der Waals surface area contributed by atoms with Gasteiger partial charge < -0.3 is 10.1 Å². The van der Waals surface area contributed by atoms with Gasteiger partial charge in [-0.1, -0.05) is 6.07 Å². The van der Waals surface area contributed by atoms with Crippen LogP contribution in [0.4, 0.5) is 5.69 Å². The number of benzene rings is 1. The number of hydrogen-bond acceptors (Lipinski definition) is 4. The minimum atomic E-state index is -0.417. The molecule has 0 radical (unpaired) electrons. The Bertz CT molecular complexity index is 722. The van der Waals surface area contributed by atoms with Crippen molar-refractivity contribution in [1.29, 1.82) is 0 Å². The Morgan fingerprint density at radius 2 is 1.87 bits per heavy atom. The van der Waals surface area contributed by atoms with Crippen molar-refractivity contribution >= 4 is 28.9 Å². The summed E-state index contributed by atoms with van der Waals surface area (Å²) < 4.78 is 5.12. The van der Waals surface area contributed by atoms with Gasteiger partial charge in [-0.3, -0.25) is 4.79 Å². The van der Waals surface area contributed by atoms with Crippen LogP contribution < -0.4 is 5.32 Å². The van der Waals surface area contributed by atoms with Crippen molar-refractivity contribution in [1.82, 2.24) is 0 Å². The number of rotatable bonds is 4. The average molecular weight is 329 g/mol. The fraction of sp³-hybridized carbons (Fsp3) is 0.333. The van der Waals surface area contributed by atoms with Gasteiger partial charge in [0.2, 0.25) is 0 Å². The fourth-order valence-electron chi connectivity index (χ4n) is 2.88. The second-order valence-corrected chi connectivity index (χ2v) is 7.05. The number of thiophene rings is 1. The van der Waals surface area contributed by atoms with Crippen molar-refractivity contribution in [3.63, 3.8) is 0 Å². The number of carbonyl (C=O) groups is 2. The van der Waals surface area contributed by atoms with Crippen LogP contribution in [-0.4, -0.2) is 18.5 Å². The quantitative estimate of drug-likeness (QED) is 0.871. The standard InChI is InChI=1S/C18H19NO3S/c1-11-6-12(2)8-14(7-11)19-17(20)10-22-18(21)16-9-13-4-3-5-15(13)23-16/h6-9H,3-5,10H2,1-2H3,(H,19,20). The van der Waals surface area contributed by atoms with Gasteiger partial charge >= 0.3 is 5.97 Å². The Hall–Kier alpha value is -2.14. The predicted octanol–water partition coefficient (Wildman–Crippen LogP) is 3.65. The Morgan fingerprint density at radius 3 is 2.57 bits per heavy atom. The third kappa shape index (κ3) is 3.79. The maximum Gasteiger partial charge on any atom is 0.348 e. The van der Waals surface area contributed by atoms with E-state index in [0.29, 0.717) is 4.88 Å². The second kappa shape index (κ2) is 6.54. The molecule has 1 aliphatic carbocycles. The molecule has 23 heavy (non-hydrogen) atoms. The normalized spacial score (nSPS) is 12.8. The zero-order chi connectivity index (χ0) is 16.4. The summed E-state index contributed by atoms with van der Waals surface area (Å²) in [6.45, 7) is 3.67. The maximum absolute atomic E-state index is 12.0. The molecule has 0 unspecified atom stereocenters. The van der Waals surface area contributed by atoms with Crippen molar-refractivity contribution in [3.8, 4) is 0 Å². The first-order chi connectivity index (χ1) is 11.0. The van der Waals surface area contributed by atoms with Gasteiger partial charge in [0.05, 0.1) is 0 Å². The summed E-state index contributed by atoms with van der Waals surface area (Å²) in [7, 11) is 0. The van der Waals surface area contributed by atoms with E-state index in [1.54, 1.807) is 0 Å². The third-order valence-corrected chi connectivity index (χ3v) is 5.00. The summed E-state index contributed by atoms with van der Waals surface area (Å²) in [5, 5.41) is 2.76. The summed E-state index contributed by atoms with van der Waals surface area (Å²) >= 11 is 1.48. The second-order valence-electron chi connectivity index (χ2n) is 5.91. The van der Waals surface area contributed by atoms with E-state index in [1.807, 2.05) is 38.1 Å². The highest BCUT2D eigenvalue weighted by atomic mass is 32.1. The van der Waals surface area contributed by atoms with E-state index in [9.17, 15) is 9.59 Å². The summed E-state index contributed by atoms with van der Waals surface area (Å²) in [6, 6.07) is 7.70. The molecule has 0 fully saturated rings. The Kier molecular flexibility index (Phi) is 4.48. The number of carbonyl (C=O) groups excluding carboxylic acids is 2. The highest BCUT2D eigenvalue weighted by Crippen LogP contribution is 2.30. The number of fused-ring (bicyclic) bond motifs is 1. The summed E-state index contributed by atoms with van der Waals surface area (Å²) in [6.07, 6.45) is 3.24. The van der Waals surface area contributed by atoms with Gasteiger partial charge in [0.25, 0.3) is 5.91 Å². The molecule has 1 aliphatic rings. The summed E-state index contributed by atoms with van der Waals surface area (Å²) in [4.78, 5) is 25.8. The molecule has 1 aromatic heterocycles. The van der Waals surface area contributed by atoms with Gasteiger partial charge in [-0.05, 0) is 68.0 Å². The Balaban J connectivity index is 1.54. The van der Waals surface area contributed by atoms with Gasteiger partial charge in [0.15, 0.2) is 6.61 Å². The summed E-state index contributed by atoms with van der Waals surface area (Å²) in [5.41, 5.74) is 4.12. The van der Waals surface area contributed by atoms with Gasteiger partial charge in [0.1, 0.15) is 4.88 Å². The van der Waals surface area contributed by atoms with Crippen LogP contribution in [0.2, 0.25) is 0 Å². The number of anilines is 1. The molecular weight excluding hydrogens is 310 g/mol. The molecule has 5 heteroatoms. The molecule has 0 bridgehead atoms. The number of hydrogen-bond donors (Lipinski definition) is 1. The smallest absolute Gasteiger partial charge is 0.348 e. The zero-order valence-corrected chi connectivity index (χ0v) is 14.1. The van der Waals surface area contributed by atoms with Crippen LogP contribution in [0.1, 0.15) is 37.7 Å². The summed E-state index contributed by atoms with van der Waals surface area (Å²) in [5.74, 6) is -0.743. The van der Waals surface area contributed by atoms with Crippen molar-refractivity contribution in [2.24, 2.45) is 0 Å². The molecule has 4 nitrogen and oxygen atoms in total. The first kappa shape index (κ1) is 15.7. The molecule has 1 amide bonds. The van der Waals surface area contributed by atoms with E-state index in [2.05, 4.69) is 5.32 Å². The SMILES string of the molecule is Cc1cc(C)cc(NC(=O)COC(=O)c2cc3c(s2)CCC3)c1. The molecule has 2 aromatic rings. The topological polar surface area (TPSA) is 55.4 Å². The molecule has 0 saturated carbocycles. The molecule has 0 aliphatic heterocycles. The molecule has 3 rings (SSSR count). The molecule has 120 valence electrons. The number of nitrogens with one attached hydrogen (secondary N) is 1. The number of esters is 1. The molecule has 1 N–H and O–H groups in total. The van der Waals surface area contributed by atoms with Gasteiger partial charge in [-0.15, -0.1) is 11.3 Å². The van der Waals surface area contributed by atoms with Crippen LogP contribution in [0.25, 0.3) is 0 Å². The van der Waals surface area contributed by atoms with E-state index in [-0.39, 0.29) is 12.5 Å². The van der Waals surface area contributed by atoms with E-state index in [1.165, 1.54) is 21.8 Å². The van der Waals surface area contributed by atoms with Crippen molar-refractivity contribution in [2.75, 3.05) is 11.9 Å². The highest BCUT2D eigenvalue weighted by Gasteiger charge is 2.19. The van der Waals surface area contributed by atoms with Gasteiger partial charge in [-0.25, -0.2) is 4.79 Å². The number of amides is 1. The van der Waals surface area contributed by atoms with Crippen molar-refractivity contribution < 1.29 is 14.3 Å². The van der Waals surface area contributed by atoms with E-state index >= 15 is 0 Å². The lowest BCUT2D eigenvalue weighted by Crippen LogP contribution is -2.20. The van der Waals surface area contributed by atoms with Gasteiger partial charge in [-0.2, -0.15) is 0 Å². The maximum atomic E-state index is 12.0. The lowest BCUT2D eigenvalue weighted by molar-refractivity contribution is -0.119. The molecule has 0 spiro atoms. The largest absolute Gasteiger partial charge is 0.451 e. The van der Waals surface area contributed by atoms with Crippen LogP contribution in [0.3, 0.4) is 0 Å². The molecule has 0 saturated heterocycles. The minimum absolute atomic E-state index is 0.269. The van der Waals surface area contributed by atoms with Crippen molar-refractivity contribution in [2.45, 2.75) is 33.1 Å². The van der Waals surface area contributed by atoms with Crippen LogP contribution in [0, 0.1) is 13.8 Å². The lowest BCUT2D eigenvalue weighted by Gasteiger charge is -2.08. The van der Waals surface area contributed by atoms with Crippen LogP contribution >= 0.6 is 11.3 Å². The predicted molar refractivity (Wildman–Crippen MR) is 91.2 cm³/mol. The molecule has 0 atom stereocenters. The van der Waals surface area contributed by atoms with E-state index in [0.717, 1.165) is 36.1 Å². The molecule has 1 heterocycles. The minimum Gasteiger partial charge on any atom is -0.451 e. The monoisotopic (exact) mass is 329 g/mol. The molecule has 1 aromatic carbocycles. The third-order valence-electron chi connectivity index (χ3n) is 3.79. The molecular formula is C18H19NO3S. The van der Waals surface area contributed by atoms with E-state index < -0.39 is 5.97 Å². The van der Waals surface area contributed by atoms with E-state index in [4.69, 9.17) is 4.74 Å². The van der Waals surface area contributed by atoms with Crippen LogP contribution in [-0.2, 0) is 22.4 Å². The Morgan fingerprint density at radius 1 is 1.13 bits per heavy atom. The van der Waals surface area contributed by atoms with Crippen LogP contribution in [0.15, 0.2) is 24.3 Å².